The maximum atomic E-state index is 13.3. The Labute approximate surface area is 212 Å². The van der Waals surface area contributed by atoms with Gasteiger partial charge in [0.05, 0.1) is 6.04 Å². The molecule has 182 valence electrons. The number of aromatic nitrogens is 1. The summed E-state index contributed by atoms with van der Waals surface area (Å²) in [5.41, 5.74) is 2.39. The van der Waals surface area contributed by atoms with Gasteiger partial charge in [-0.1, -0.05) is 52.8 Å². The fourth-order valence-electron chi connectivity index (χ4n) is 4.45. The van der Waals surface area contributed by atoms with E-state index in [1.165, 1.54) is 6.08 Å². The summed E-state index contributed by atoms with van der Waals surface area (Å²) >= 11 is 3.48. The van der Waals surface area contributed by atoms with Gasteiger partial charge >= 0.3 is 0 Å². The van der Waals surface area contributed by atoms with E-state index in [1.807, 2.05) is 48.5 Å². The van der Waals surface area contributed by atoms with Crippen molar-refractivity contribution in [3.05, 3.63) is 83.0 Å². The van der Waals surface area contributed by atoms with Gasteiger partial charge in [0.1, 0.15) is 6.54 Å². The molecule has 1 fully saturated rings. The van der Waals surface area contributed by atoms with E-state index in [2.05, 4.69) is 27.8 Å². The first-order chi connectivity index (χ1) is 16.9. The predicted molar refractivity (Wildman–Crippen MR) is 138 cm³/mol. The second-order valence-corrected chi connectivity index (χ2v) is 9.83. The molecule has 0 radical (unpaired) electrons. The number of fused-ring (bicyclic) bond motifs is 1. The third-order valence-corrected chi connectivity index (χ3v) is 6.78. The quantitative estimate of drug-likeness (QED) is 0.306. The number of nitrogens with one attached hydrogen (secondary N) is 1. The molecule has 1 aromatic heterocycles. The number of amides is 2. The summed E-state index contributed by atoms with van der Waals surface area (Å²) in [4.78, 5) is 39.2. The van der Waals surface area contributed by atoms with Gasteiger partial charge in [0.2, 0.25) is 11.8 Å². The molecule has 2 amide bonds. The number of carbonyl (C=O) groups excluding carboxylic acids is 3. The second-order valence-electron chi connectivity index (χ2n) is 8.91. The number of benzene rings is 2. The normalized spacial score (nSPS) is 14.4. The number of aliphatic hydroxyl groups is 1. The van der Waals surface area contributed by atoms with Gasteiger partial charge in [-0.3, -0.25) is 14.4 Å². The minimum Gasteiger partial charge on any atom is -0.396 e. The highest BCUT2D eigenvalue weighted by Crippen LogP contribution is 2.28. The van der Waals surface area contributed by atoms with Gasteiger partial charge in [0, 0.05) is 53.3 Å². The second kappa shape index (κ2) is 11.0. The summed E-state index contributed by atoms with van der Waals surface area (Å²) in [6.45, 7) is 4.37. The van der Waals surface area contributed by atoms with Crippen molar-refractivity contribution in [2.45, 2.75) is 25.4 Å². The molecular weight excluding hydrogens is 510 g/mol. The lowest BCUT2D eigenvalue weighted by atomic mass is 9.92. The van der Waals surface area contributed by atoms with E-state index in [4.69, 9.17) is 0 Å². The van der Waals surface area contributed by atoms with Crippen LogP contribution in [-0.2, 0) is 22.6 Å². The van der Waals surface area contributed by atoms with Crippen LogP contribution in [0.3, 0.4) is 0 Å². The number of hydrogen-bond donors (Lipinski definition) is 2. The molecule has 8 heteroatoms. The molecule has 0 saturated carbocycles. The fourth-order valence-corrected chi connectivity index (χ4v) is 4.81. The lowest BCUT2D eigenvalue weighted by Gasteiger charge is -2.38. The number of likely N-dealkylation sites (tertiary alicyclic amines) is 1. The largest absolute Gasteiger partial charge is 0.396 e. The maximum absolute atomic E-state index is 13.3. The van der Waals surface area contributed by atoms with E-state index in [1.54, 1.807) is 15.7 Å². The average Bonchev–Trinajstić information content (AvgIpc) is 3.18. The monoisotopic (exact) mass is 537 g/mol. The molecule has 2 heterocycles. The van der Waals surface area contributed by atoms with Crippen molar-refractivity contribution in [2.24, 2.45) is 5.92 Å². The van der Waals surface area contributed by atoms with Gasteiger partial charge in [0.25, 0.3) is 0 Å². The van der Waals surface area contributed by atoms with E-state index in [0.29, 0.717) is 25.1 Å². The van der Waals surface area contributed by atoms with Gasteiger partial charge in [-0.05, 0) is 42.2 Å². The van der Waals surface area contributed by atoms with Crippen LogP contribution in [0.2, 0.25) is 0 Å². The lowest BCUT2D eigenvalue weighted by molar-refractivity contribution is -0.133. The van der Waals surface area contributed by atoms with Crippen molar-refractivity contribution in [2.75, 3.05) is 19.7 Å². The molecule has 3 aromatic rings. The van der Waals surface area contributed by atoms with Crippen LogP contribution < -0.4 is 5.32 Å². The third-order valence-electron chi connectivity index (χ3n) is 6.29. The zero-order chi connectivity index (χ0) is 24.9. The highest BCUT2D eigenvalue weighted by Gasteiger charge is 2.30. The number of aliphatic hydroxyl groups excluding tert-OH is 1. The SMILES string of the molecule is C=CC(=O)N1CC(NC(=O)Cn2cc(C(=O)C[C@@H](CO)Cc3ccccc3)c3cc(Br)ccc32)C1. The number of hydrogen-bond acceptors (Lipinski definition) is 4. The molecule has 0 aliphatic carbocycles. The number of nitrogens with zero attached hydrogens (tertiary/aromatic N) is 2. The molecule has 0 unspecified atom stereocenters. The van der Waals surface area contributed by atoms with E-state index in [-0.39, 0.29) is 49.1 Å². The van der Waals surface area contributed by atoms with Gasteiger partial charge in [-0.2, -0.15) is 0 Å². The van der Waals surface area contributed by atoms with Crippen LogP contribution in [0.15, 0.2) is 71.9 Å². The Hall–Kier alpha value is -3.23. The van der Waals surface area contributed by atoms with Crippen molar-refractivity contribution in [1.29, 1.82) is 0 Å². The highest BCUT2D eigenvalue weighted by molar-refractivity contribution is 9.10. The van der Waals surface area contributed by atoms with Gasteiger partial charge in [0.15, 0.2) is 5.78 Å². The first-order valence-electron chi connectivity index (χ1n) is 11.5. The molecule has 2 aromatic carbocycles. The molecule has 2 N–H and O–H groups in total. The third kappa shape index (κ3) is 5.89. The Kier molecular flexibility index (Phi) is 7.83. The molecule has 1 aliphatic heterocycles. The topological polar surface area (TPSA) is 91.6 Å². The van der Waals surface area contributed by atoms with Crippen LogP contribution in [0.25, 0.3) is 10.9 Å². The summed E-state index contributed by atoms with van der Waals surface area (Å²) < 4.78 is 2.62. The van der Waals surface area contributed by atoms with Crippen molar-refractivity contribution in [1.82, 2.24) is 14.8 Å². The lowest BCUT2D eigenvalue weighted by Crippen LogP contribution is -2.61. The Balaban J connectivity index is 1.47. The van der Waals surface area contributed by atoms with E-state index < -0.39 is 0 Å². The zero-order valence-electron chi connectivity index (χ0n) is 19.3. The number of halogens is 1. The van der Waals surface area contributed by atoms with Crippen LogP contribution in [0.4, 0.5) is 0 Å². The van der Waals surface area contributed by atoms with E-state index in [0.717, 1.165) is 20.9 Å². The fraction of sp³-hybridized carbons (Fsp3) is 0.296. The summed E-state index contributed by atoms with van der Waals surface area (Å²) in [7, 11) is 0. The number of Topliss-reactive ketones (excluding diaryl/α,β-unsaturated/α-hetero) is 1. The maximum Gasteiger partial charge on any atom is 0.246 e. The Morgan fingerprint density at radius 1 is 1.17 bits per heavy atom. The molecular formula is C27H28BrN3O4. The van der Waals surface area contributed by atoms with Crippen molar-refractivity contribution < 1.29 is 19.5 Å². The number of rotatable bonds is 10. The van der Waals surface area contributed by atoms with Crippen molar-refractivity contribution >= 4 is 44.4 Å². The summed E-state index contributed by atoms with van der Waals surface area (Å²) in [6.07, 6.45) is 3.81. The summed E-state index contributed by atoms with van der Waals surface area (Å²) in [5, 5.41) is 13.6. The van der Waals surface area contributed by atoms with Crippen LogP contribution in [0.5, 0.6) is 0 Å². The van der Waals surface area contributed by atoms with Crippen molar-refractivity contribution in [3.63, 3.8) is 0 Å². The standard InChI is InChI=1S/C27H28BrN3O4/c1-2-27(35)31-13-21(14-31)29-26(34)16-30-15-23(22-12-20(28)8-9-24(22)30)25(33)11-19(17-32)10-18-6-4-3-5-7-18/h2-9,12,15,19,21,32H,1,10-11,13-14,16-17H2,(H,29,34)/t19-/m0/s1. The van der Waals surface area contributed by atoms with Gasteiger partial charge in [-0.25, -0.2) is 0 Å². The zero-order valence-corrected chi connectivity index (χ0v) is 20.9. The molecule has 1 aliphatic rings. The molecule has 1 saturated heterocycles. The molecule has 7 nitrogen and oxygen atoms in total. The van der Waals surface area contributed by atoms with Crippen molar-refractivity contribution in [3.8, 4) is 0 Å². The van der Waals surface area contributed by atoms with E-state index >= 15 is 0 Å². The number of ketones is 1. The first-order valence-corrected chi connectivity index (χ1v) is 12.3. The highest BCUT2D eigenvalue weighted by atomic mass is 79.9. The van der Waals surface area contributed by atoms with Gasteiger partial charge in [-0.15, -0.1) is 0 Å². The Morgan fingerprint density at radius 3 is 2.60 bits per heavy atom. The summed E-state index contributed by atoms with van der Waals surface area (Å²) in [6, 6.07) is 15.4. The molecule has 0 spiro atoms. The Morgan fingerprint density at radius 2 is 1.91 bits per heavy atom. The molecule has 4 rings (SSSR count). The Bertz CT molecular complexity index is 1250. The average molecular weight is 538 g/mol. The van der Waals surface area contributed by atoms with Crippen LogP contribution in [0, 0.1) is 5.92 Å². The first kappa shape index (κ1) is 24.9. The van der Waals surface area contributed by atoms with E-state index in [9.17, 15) is 19.5 Å². The van der Waals surface area contributed by atoms with Crippen LogP contribution in [-0.4, -0.2) is 57.9 Å². The molecule has 35 heavy (non-hydrogen) atoms. The summed E-state index contributed by atoms with van der Waals surface area (Å²) in [5.74, 6) is -0.593. The van der Waals surface area contributed by atoms with Gasteiger partial charge < -0.3 is 19.9 Å². The minimum atomic E-state index is -0.196. The minimum absolute atomic E-state index is 0.0603. The molecule has 0 bridgehead atoms. The molecule has 1 atom stereocenters. The predicted octanol–water partition coefficient (Wildman–Crippen LogP) is 3.34. The smallest absolute Gasteiger partial charge is 0.246 e. The van der Waals surface area contributed by atoms with Crippen LogP contribution >= 0.6 is 15.9 Å². The number of carbonyl (C=O) groups is 3. The van der Waals surface area contributed by atoms with Crippen LogP contribution in [0.1, 0.15) is 22.3 Å².